The summed E-state index contributed by atoms with van der Waals surface area (Å²) in [5.74, 6) is 1.07. The van der Waals surface area contributed by atoms with Gasteiger partial charge < -0.3 is 10.2 Å². The molecule has 0 unspecified atom stereocenters. The summed E-state index contributed by atoms with van der Waals surface area (Å²) in [7, 11) is 0. The Kier molecular flexibility index (Phi) is 7.40. The molecule has 1 aromatic rings. The van der Waals surface area contributed by atoms with Gasteiger partial charge in [-0.25, -0.2) is 4.99 Å². The van der Waals surface area contributed by atoms with Crippen LogP contribution < -0.4 is 5.32 Å². The van der Waals surface area contributed by atoms with Crippen molar-refractivity contribution in [3.63, 3.8) is 0 Å². The molecule has 1 aliphatic heterocycles. The topological polar surface area (TPSA) is 30.9 Å². The first-order valence-corrected chi connectivity index (χ1v) is 9.10. The number of guanidine groups is 1. The van der Waals surface area contributed by atoms with E-state index in [0.717, 1.165) is 51.8 Å². The lowest BCUT2D eigenvalue weighted by Gasteiger charge is -2.20. The number of likely N-dealkylation sites (tertiary alicyclic amines) is 1. The summed E-state index contributed by atoms with van der Waals surface area (Å²) in [6.45, 7) is 13.8. The smallest absolute Gasteiger partial charge is 0.194 e. The van der Waals surface area contributed by atoms with Crippen LogP contribution in [0.2, 0.25) is 0 Å². The summed E-state index contributed by atoms with van der Waals surface area (Å²) in [5.41, 5.74) is 2.66. The second kappa shape index (κ2) is 9.56. The van der Waals surface area contributed by atoms with E-state index in [1.54, 1.807) is 0 Å². The van der Waals surface area contributed by atoms with Gasteiger partial charge in [0.25, 0.3) is 0 Å². The van der Waals surface area contributed by atoms with Gasteiger partial charge in [-0.05, 0) is 44.0 Å². The molecule has 2 rings (SSSR count). The van der Waals surface area contributed by atoms with Gasteiger partial charge in [-0.15, -0.1) is 0 Å². The first-order valence-electron chi connectivity index (χ1n) is 9.10. The Morgan fingerprint density at radius 1 is 1.04 bits per heavy atom. The Labute approximate surface area is 141 Å². The van der Waals surface area contributed by atoms with Gasteiger partial charge in [-0.2, -0.15) is 0 Å². The summed E-state index contributed by atoms with van der Waals surface area (Å²) < 4.78 is 0. The first kappa shape index (κ1) is 17.8. The molecule has 0 radical (unpaired) electrons. The Morgan fingerprint density at radius 2 is 1.65 bits per heavy atom. The second-order valence-electron chi connectivity index (χ2n) is 6.14. The maximum absolute atomic E-state index is 4.81. The summed E-state index contributed by atoms with van der Waals surface area (Å²) in [6.07, 6.45) is 2.56. The number of hydrogen-bond donors (Lipinski definition) is 1. The second-order valence-corrected chi connectivity index (χ2v) is 6.14. The summed E-state index contributed by atoms with van der Waals surface area (Å²) in [4.78, 5) is 9.62. The Bertz CT molecular complexity index is 471. The van der Waals surface area contributed by atoms with E-state index in [1.165, 1.54) is 24.0 Å². The number of nitrogens with zero attached hydrogens (tertiary/aromatic N) is 3. The molecule has 0 aliphatic carbocycles. The van der Waals surface area contributed by atoms with E-state index in [1.807, 2.05) is 0 Å². The van der Waals surface area contributed by atoms with Crippen LogP contribution in [0.25, 0.3) is 0 Å². The molecule has 0 amide bonds. The quantitative estimate of drug-likeness (QED) is 0.619. The summed E-state index contributed by atoms with van der Waals surface area (Å²) in [6, 6.07) is 8.92. The van der Waals surface area contributed by atoms with Crippen LogP contribution in [0.5, 0.6) is 0 Å². The monoisotopic (exact) mass is 316 g/mol. The Hall–Kier alpha value is -1.55. The molecule has 0 atom stereocenters. The molecule has 1 aliphatic rings. The van der Waals surface area contributed by atoms with Gasteiger partial charge >= 0.3 is 0 Å². The molecule has 23 heavy (non-hydrogen) atoms. The number of aliphatic imine (C=N–C) groups is 1. The Morgan fingerprint density at radius 3 is 2.22 bits per heavy atom. The van der Waals surface area contributed by atoms with Crippen LogP contribution in [0, 0.1) is 0 Å². The van der Waals surface area contributed by atoms with Crippen molar-refractivity contribution in [3.8, 4) is 0 Å². The lowest BCUT2D eigenvalue weighted by molar-refractivity contribution is 0.296. The van der Waals surface area contributed by atoms with Gasteiger partial charge in [0.15, 0.2) is 5.96 Å². The molecule has 0 bridgehead atoms. The van der Waals surface area contributed by atoms with E-state index < -0.39 is 0 Å². The summed E-state index contributed by atoms with van der Waals surface area (Å²) >= 11 is 0. The van der Waals surface area contributed by atoms with Crippen LogP contribution >= 0.6 is 0 Å². The van der Waals surface area contributed by atoms with Crippen LogP contribution in [0.1, 0.15) is 44.7 Å². The van der Waals surface area contributed by atoms with Crippen molar-refractivity contribution in [1.82, 2.24) is 15.1 Å². The van der Waals surface area contributed by atoms with Crippen LogP contribution in [-0.2, 0) is 13.1 Å². The van der Waals surface area contributed by atoms with Crippen LogP contribution in [0.3, 0.4) is 0 Å². The average molecular weight is 316 g/mol. The third kappa shape index (κ3) is 5.54. The molecule has 0 saturated carbocycles. The highest BCUT2D eigenvalue weighted by Crippen LogP contribution is 2.11. The lowest BCUT2D eigenvalue weighted by atomic mass is 10.1. The molecule has 1 saturated heterocycles. The third-order valence-electron chi connectivity index (χ3n) is 4.48. The maximum Gasteiger partial charge on any atom is 0.194 e. The van der Waals surface area contributed by atoms with Gasteiger partial charge in [0.05, 0.1) is 6.54 Å². The number of benzene rings is 1. The van der Waals surface area contributed by atoms with Crippen LogP contribution in [0.4, 0.5) is 0 Å². The minimum absolute atomic E-state index is 0.754. The predicted molar refractivity (Wildman–Crippen MR) is 98.7 cm³/mol. The molecule has 128 valence electrons. The van der Waals surface area contributed by atoms with Gasteiger partial charge in [-0.3, -0.25) is 4.90 Å². The predicted octanol–water partition coefficient (Wildman–Crippen LogP) is 3.09. The lowest BCUT2D eigenvalue weighted by Crippen LogP contribution is -2.39. The molecule has 4 nitrogen and oxygen atoms in total. The highest BCUT2D eigenvalue weighted by Gasteiger charge is 2.15. The zero-order valence-electron chi connectivity index (χ0n) is 15.0. The van der Waals surface area contributed by atoms with Gasteiger partial charge in [0.2, 0.25) is 0 Å². The molecule has 1 aromatic carbocycles. The normalized spacial score (nSPS) is 15.5. The zero-order chi connectivity index (χ0) is 16.5. The number of hydrogen-bond acceptors (Lipinski definition) is 2. The van der Waals surface area contributed by atoms with Crippen molar-refractivity contribution in [3.05, 3.63) is 35.4 Å². The van der Waals surface area contributed by atoms with Crippen molar-refractivity contribution in [2.75, 3.05) is 32.7 Å². The van der Waals surface area contributed by atoms with Gasteiger partial charge in [0, 0.05) is 26.2 Å². The minimum atomic E-state index is 0.754. The van der Waals surface area contributed by atoms with E-state index >= 15 is 0 Å². The molecule has 0 aromatic heterocycles. The van der Waals surface area contributed by atoms with Crippen molar-refractivity contribution in [1.29, 1.82) is 0 Å². The van der Waals surface area contributed by atoms with Crippen LogP contribution in [0.15, 0.2) is 29.3 Å². The van der Waals surface area contributed by atoms with E-state index in [4.69, 9.17) is 4.99 Å². The maximum atomic E-state index is 4.81. The first-order chi connectivity index (χ1) is 11.3. The molecular formula is C19H32N4. The van der Waals surface area contributed by atoms with Gasteiger partial charge in [-0.1, -0.05) is 38.1 Å². The fourth-order valence-electron chi connectivity index (χ4n) is 2.98. The Balaban J connectivity index is 1.94. The van der Waals surface area contributed by atoms with E-state index in [2.05, 4.69) is 60.2 Å². The molecule has 0 spiro atoms. The highest BCUT2D eigenvalue weighted by molar-refractivity contribution is 5.80. The standard InChI is InChI=1S/C19H32N4/c1-4-20-19(23-13-7-8-14-23)21-15-17-9-11-18(12-10-17)16-22(5-2)6-3/h9-12H,4-8,13-16H2,1-3H3,(H,20,21). The number of rotatable bonds is 7. The zero-order valence-corrected chi connectivity index (χ0v) is 15.0. The molecular weight excluding hydrogens is 284 g/mol. The van der Waals surface area contributed by atoms with E-state index in [9.17, 15) is 0 Å². The minimum Gasteiger partial charge on any atom is -0.357 e. The van der Waals surface area contributed by atoms with Gasteiger partial charge in [0.1, 0.15) is 0 Å². The van der Waals surface area contributed by atoms with Crippen molar-refractivity contribution in [2.24, 2.45) is 4.99 Å². The van der Waals surface area contributed by atoms with E-state index in [0.29, 0.717) is 0 Å². The van der Waals surface area contributed by atoms with Crippen LogP contribution in [-0.4, -0.2) is 48.5 Å². The third-order valence-corrected chi connectivity index (χ3v) is 4.48. The van der Waals surface area contributed by atoms with Crippen molar-refractivity contribution in [2.45, 2.75) is 46.7 Å². The molecule has 1 N–H and O–H groups in total. The molecule has 1 heterocycles. The fraction of sp³-hybridized carbons (Fsp3) is 0.632. The highest BCUT2D eigenvalue weighted by atomic mass is 15.3. The van der Waals surface area contributed by atoms with E-state index in [-0.39, 0.29) is 0 Å². The molecule has 1 fully saturated rings. The van der Waals surface area contributed by atoms with Crippen molar-refractivity contribution >= 4 is 5.96 Å². The fourth-order valence-corrected chi connectivity index (χ4v) is 2.98. The summed E-state index contributed by atoms with van der Waals surface area (Å²) in [5, 5.41) is 3.42. The van der Waals surface area contributed by atoms with Crippen molar-refractivity contribution < 1.29 is 0 Å². The molecule has 4 heteroatoms. The SMILES string of the molecule is CCNC(=NCc1ccc(CN(CC)CC)cc1)N1CCCC1. The average Bonchev–Trinajstić information content (AvgIpc) is 3.12. The number of nitrogens with one attached hydrogen (secondary N) is 1. The largest absolute Gasteiger partial charge is 0.357 e.